The van der Waals surface area contributed by atoms with Gasteiger partial charge < -0.3 is 9.42 Å². The summed E-state index contributed by atoms with van der Waals surface area (Å²) in [5.74, 6) is -0.212. The second-order valence-electron chi connectivity index (χ2n) is 7.10. The summed E-state index contributed by atoms with van der Waals surface area (Å²) in [5, 5.41) is 7.99. The Morgan fingerprint density at radius 1 is 1.41 bits per heavy atom. The molecule has 0 bridgehead atoms. The molecule has 0 aromatic carbocycles. The highest BCUT2D eigenvalue weighted by Gasteiger charge is 2.31. The van der Waals surface area contributed by atoms with Crippen molar-refractivity contribution in [2.45, 2.75) is 44.5 Å². The van der Waals surface area contributed by atoms with Crippen molar-refractivity contribution in [1.29, 1.82) is 0 Å². The van der Waals surface area contributed by atoms with Gasteiger partial charge in [-0.25, -0.2) is 13.1 Å². The zero-order valence-electron chi connectivity index (χ0n) is 15.8. The SMILES string of the molecule is CC(C)N(C)c1cnn(C2CCCN(S(=O)(=O)Cc3ccon3)C2)c(=O)c1. The third-order valence-corrected chi connectivity index (χ3v) is 6.69. The Kier molecular flexibility index (Phi) is 5.66. The summed E-state index contributed by atoms with van der Waals surface area (Å²) in [7, 11) is -1.63. The zero-order valence-corrected chi connectivity index (χ0v) is 16.6. The zero-order chi connectivity index (χ0) is 19.6. The average Bonchev–Trinajstić information content (AvgIpc) is 3.13. The molecule has 1 aliphatic heterocycles. The van der Waals surface area contributed by atoms with Crippen LogP contribution in [0.2, 0.25) is 0 Å². The number of hydrogen-bond donors (Lipinski definition) is 0. The summed E-state index contributed by atoms with van der Waals surface area (Å²) in [6, 6.07) is 3.05. The van der Waals surface area contributed by atoms with Crippen molar-refractivity contribution in [2.24, 2.45) is 0 Å². The second kappa shape index (κ2) is 7.81. The maximum absolute atomic E-state index is 12.7. The van der Waals surface area contributed by atoms with Gasteiger partial charge in [-0.05, 0) is 26.7 Å². The molecule has 1 fully saturated rings. The largest absolute Gasteiger partial charge is 0.371 e. The molecule has 0 spiro atoms. The summed E-state index contributed by atoms with van der Waals surface area (Å²) in [6.45, 7) is 4.72. The fourth-order valence-electron chi connectivity index (χ4n) is 3.14. The lowest BCUT2D eigenvalue weighted by molar-refractivity contribution is 0.247. The summed E-state index contributed by atoms with van der Waals surface area (Å²) in [6.07, 6.45) is 4.39. The second-order valence-corrected chi connectivity index (χ2v) is 9.07. The smallest absolute Gasteiger partial charge is 0.269 e. The van der Waals surface area contributed by atoms with Crippen LogP contribution in [-0.4, -0.2) is 53.8 Å². The molecule has 3 rings (SSSR count). The minimum atomic E-state index is -3.53. The topological polar surface area (TPSA) is 102 Å². The van der Waals surface area contributed by atoms with E-state index in [1.807, 2.05) is 25.8 Å². The van der Waals surface area contributed by atoms with Gasteiger partial charge in [0, 0.05) is 38.3 Å². The molecular formula is C17H25N5O4S. The molecule has 1 atom stereocenters. The maximum atomic E-state index is 12.7. The van der Waals surface area contributed by atoms with Gasteiger partial charge in [0.05, 0.1) is 23.6 Å². The van der Waals surface area contributed by atoms with E-state index in [9.17, 15) is 13.2 Å². The van der Waals surface area contributed by atoms with Crippen LogP contribution in [0.15, 0.2) is 33.9 Å². The molecule has 10 heteroatoms. The third-order valence-electron chi connectivity index (χ3n) is 4.91. The van der Waals surface area contributed by atoms with Crippen LogP contribution in [-0.2, 0) is 15.8 Å². The molecule has 0 N–H and O–H groups in total. The van der Waals surface area contributed by atoms with Crippen molar-refractivity contribution in [3.63, 3.8) is 0 Å². The Bertz CT molecular complexity index is 923. The average molecular weight is 395 g/mol. The minimum Gasteiger partial charge on any atom is -0.371 e. The van der Waals surface area contributed by atoms with Gasteiger partial charge in [0.1, 0.15) is 12.0 Å². The molecule has 0 saturated carbocycles. The van der Waals surface area contributed by atoms with Crippen molar-refractivity contribution in [3.8, 4) is 0 Å². The van der Waals surface area contributed by atoms with Crippen molar-refractivity contribution < 1.29 is 12.9 Å². The lowest BCUT2D eigenvalue weighted by Crippen LogP contribution is -2.44. The number of rotatable bonds is 6. The first kappa shape index (κ1) is 19.6. The molecule has 0 radical (unpaired) electrons. The Balaban J connectivity index is 1.77. The standard InChI is InChI=1S/C17H25N5O4S/c1-13(2)20(3)16-9-17(23)22(18-10-16)15-5-4-7-21(11-15)27(24,25)12-14-6-8-26-19-14/h6,8-10,13,15H,4-5,7,11-12H2,1-3H3. The predicted octanol–water partition coefficient (Wildman–Crippen LogP) is 1.24. The van der Waals surface area contributed by atoms with Crippen molar-refractivity contribution in [2.75, 3.05) is 25.0 Å². The number of hydrogen-bond acceptors (Lipinski definition) is 7. The Hall–Kier alpha value is -2.20. The van der Waals surface area contributed by atoms with Gasteiger partial charge in [0.25, 0.3) is 5.56 Å². The van der Waals surface area contributed by atoms with Crippen LogP contribution in [0.5, 0.6) is 0 Å². The number of aromatic nitrogens is 3. The van der Waals surface area contributed by atoms with Gasteiger partial charge in [0.15, 0.2) is 0 Å². The first-order valence-electron chi connectivity index (χ1n) is 8.96. The Morgan fingerprint density at radius 3 is 2.81 bits per heavy atom. The summed E-state index contributed by atoms with van der Waals surface area (Å²) >= 11 is 0. The Morgan fingerprint density at radius 2 is 2.19 bits per heavy atom. The van der Waals surface area contributed by atoms with E-state index >= 15 is 0 Å². The summed E-state index contributed by atoms with van der Waals surface area (Å²) in [4.78, 5) is 14.5. The summed E-state index contributed by atoms with van der Waals surface area (Å²) in [5.41, 5.74) is 0.895. The number of nitrogens with zero attached hydrogens (tertiary/aromatic N) is 5. The minimum absolute atomic E-state index is 0.212. The molecule has 0 amide bonds. The molecule has 0 aliphatic carbocycles. The van der Waals surface area contributed by atoms with Gasteiger partial charge in [0.2, 0.25) is 10.0 Å². The monoisotopic (exact) mass is 395 g/mol. The number of anilines is 1. The molecule has 2 aromatic rings. The van der Waals surface area contributed by atoms with E-state index in [1.165, 1.54) is 21.3 Å². The maximum Gasteiger partial charge on any atom is 0.269 e. The molecule has 27 heavy (non-hydrogen) atoms. The molecule has 1 saturated heterocycles. The fourth-order valence-corrected chi connectivity index (χ4v) is 4.65. The molecule has 9 nitrogen and oxygen atoms in total. The van der Waals surface area contributed by atoms with Gasteiger partial charge >= 0.3 is 0 Å². The summed E-state index contributed by atoms with van der Waals surface area (Å²) < 4.78 is 32.8. The van der Waals surface area contributed by atoms with E-state index < -0.39 is 10.0 Å². The van der Waals surface area contributed by atoms with Gasteiger partial charge in [-0.15, -0.1) is 0 Å². The quantitative estimate of drug-likeness (QED) is 0.725. The highest BCUT2D eigenvalue weighted by Crippen LogP contribution is 2.23. The normalized spacial score (nSPS) is 18.7. The van der Waals surface area contributed by atoms with E-state index in [0.717, 1.165) is 5.69 Å². The van der Waals surface area contributed by atoms with Crippen LogP contribution in [0.25, 0.3) is 0 Å². The van der Waals surface area contributed by atoms with E-state index in [-0.39, 0.29) is 29.9 Å². The van der Waals surface area contributed by atoms with Crippen molar-refractivity contribution >= 4 is 15.7 Å². The van der Waals surface area contributed by atoms with Crippen LogP contribution in [0.4, 0.5) is 5.69 Å². The van der Waals surface area contributed by atoms with Crippen LogP contribution in [0.1, 0.15) is 38.4 Å². The molecule has 3 heterocycles. The fraction of sp³-hybridized carbons (Fsp3) is 0.588. The predicted molar refractivity (Wildman–Crippen MR) is 101 cm³/mol. The molecule has 1 unspecified atom stereocenters. The molecule has 148 valence electrons. The van der Waals surface area contributed by atoms with E-state index in [0.29, 0.717) is 25.1 Å². The van der Waals surface area contributed by atoms with Crippen LogP contribution < -0.4 is 10.5 Å². The van der Waals surface area contributed by atoms with Gasteiger partial charge in [-0.3, -0.25) is 4.79 Å². The van der Waals surface area contributed by atoms with Crippen LogP contribution in [0.3, 0.4) is 0 Å². The highest BCUT2D eigenvalue weighted by molar-refractivity contribution is 7.88. The van der Waals surface area contributed by atoms with E-state index in [1.54, 1.807) is 12.3 Å². The number of sulfonamides is 1. The van der Waals surface area contributed by atoms with Gasteiger partial charge in [-0.1, -0.05) is 5.16 Å². The molecular weight excluding hydrogens is 370 g/mol. The number of piperidine rings is 1. The first-order valence-corrected chi connectivity index (χ1v) is 10.6. The molecule has 1 aliphatic rings. The van der Waals surface area contributed by atoms with E-state index in [2.05, 4.69) is 10.3 Å². The third kappa shape index (κ3) is 4.38. The van der Waals surface area contributed by atoms with Crippen molar-refractivity contribution in [3.05, 3.63) is 40.6 Å². The highest BCUT2D eigenvalue weighted by atomic mass is 32.2. The molecule has 2 aromatic heterocycles. The van der Waals surface area contributed by atoms with Gasteiger partial charge in [-0.2, -0.15) is 9.40 Å². The van der Waals surface area contributed by atoms with Crippen LogP contribution >= 0.6 is 0 Å². The van der Waals surface area contributed by atoms with E-state index in [4.69, 9.17) is 4.52 Å². The lowest BCUT2D eigenvalue weighted by Gasteiger charge is -2.32. The Labute approximate surface area is 158 Å². The van der Waals surface area contributed by atoms with Crippen LogP contribution in [0, 0.1) is 0 Å². The van der Waals surface area contributed by atoms with Crippen molar-refractivity contribution in [1.82, 2.24) is 19.2 Å². The first-order chi connectivity index (χ1) is 12.8. The lowest BCUT2D eigenvalue weighted by atomic mass is 10.1.